The Balaban J connectivity index is 1.15. The quantitative estimate of drug-likeness (QED) is 0.280. The number of hydrogen-bond acceptors (Lipinski definition) is 4. The summed E-state index contributed by atoms with van der Waals surface area (Å²) in [6.45, 7) is 5.06. The molecule has 0 spiro atoms. The van der Waals surface area contributed by atoms with Gasteiger partial charge >= 0.3 is 0 Å². The maximum Gasteiger partial charge on any atom is 0.290 e. The van der Waals surface area contributed by atoms with Crippen LogP contribution in [0.3, 0.4) is 0 Å². The summed E-state index contributed by atoms with van der Waals surface area (Å²) in [5, 5.41) is 1.63. The van der Waals surface area contributed by atoms with E-state index in [1.807, 2.05) is 34.1 Å². The van der Waals surface area contributed by atoms with Gasteiger partial charge in [0.05, 0.1) is 38.9 Å². The summed E-state index contributed by atoms with van der Waals surface area (Å²) in [5.74, 6) is -0.136. The lowest BCUT2D eigenvalue weighted by Gasteiger charge is -2.36. The van der Waals surface area contributed by atoms with Crippen LogP contribution in [0.1, 0.15) is 54.2 Å². The molecule has 0 radical (unpaired) electrons. The molecule has 10 heteroatoms. The molecule has 3 atom stereocenters. The SMILES string of the molecule is CC(C)C[C@H](CC(=O)c1cc2cc(Cl)c(Cl)cc2[nH]1)C(=O)N1C[C@@H]2C[C@H]1CN2C(=O)c1nc2ccccc2[nH]1. The molecule has 8 nitrogen and oxygen atoms in total. The molecule has 2 fully saturated rings. The predicted octanol–water partition coefficient (Wildman–Crippen LogP) is 5.71. The summed E-state index contributed by atoms with van der Waals surface area (Å²) in [4.78, 5) is 54.7. The number of carbonyl (C=O) groups is 3. The van der Waals surface area contributed by atoms with Crippen LogP contribution in [0.5, 0.6) is 0 Å². The Hall–Kier alpha value is -3.36. The first-order chi connectivity index (χ1) is 18.7. The van der Waals surface area contributed by atoms with Crippen molar-refractivity contribution in [2.24, 2.45) is 11.8 Å². The summed E-state index contributed by atoms with van der Waals surface area (Å²) in [6, 6.07) is 12.6. The first-order valence-electron chi connectivity index (χ1n) is 13.2. The number of piperazine rings is 1. The molecule has 4 heterocycles. The van der Waals surface area contributed by atoms with Crippen LogP contribution >= 0.6 is 23.2 Å². The summed E-state index contributed by atoms with van der Waals surface area (Å²) in [7, 11) is 0. The maximum absolute atomic E-state index is 13.8. The molecule has 0 unspecified atom stereocenters. The standard InChI is InChI=1S/C29H29Cl2N5O3/c1-15(2)7-17(10-26(37)25-9-16-8-20(30)21(31)12-24(16)32-25)28(38)35-13-19-11-18(35)14-36(19)29(39)27-33-22-5-3-4-6-23(22)34-27/h3-6,8-9,12,15,17-19,32H,7,10-11,13-14H2,1-2H3,(H,33,34)/t17-,18+,19+/m1/s1. The highest BCUT2D eigenvalue weighted by Crippen LogP contribution is 2.35. The highest BCUT2D eigenvalue weighted by atomic mass is 35.5. The molecular weight excluding hydrogens is 537 g/mol. The fourth-order valence-corrected chi connectivity index (χ4v) is 6.40. The minimum atomic E-state index is -0.435. The largest absolute Gasteiger partial charge is 0.352 e. The minimum absolute atomic E-state index is 0.0115. The van der Waals surface area contributed by atoms with Gasteiger partial charge in [0.15, 0.2) is 11.6 Å². The van der Waals surface area contributed by atoms with Gasteiger partial charge in [-0.25, -0.2) is 4.98 Å². The Morgan fingerprint density at radius 1 is 0.974 bits per heavy atom. The number of aromatic nitrogens is 3. The number of nitrogens with zero attached hydrogens (tertiary/aromatic N) is 3. The number of Topliss-reactive ketones (excluding diaryl/α,β-unsaturated/α-hetero) is 1. The zero-order valence-corrected chi connectivity index (χ0v) is 23.2. The number of carbonyl (C=O) groups excluding carboxylic acids is 3. The third-order valence-electron chi connectivity index (χ3n) is 7.88. The van der Waals surface area contributed by atoms with E-state index in [9.17, 15) is 14.4 Å². The fraction of sp³-hybridized carbons (Fsp3) is 0.379. The predicted molar refractivity (Wildman–Crippen MR) is 151 cm³/mol. The van der Waals surface area contributed by atoms with Crippen molar-refractivity contribution in [1.82, 2.24) is 24.8 Å². The molecular formula is C29H29Cl2N5O3. The van der Waals surface area contributed by atoms with Gasteiger partial charge in [-0.1, -0.05) is 49.2 Å². The van der Waals surface area contributed by atoms with Gasteiger partial charge < -0.3 is 19.8 Å². The summed E-state index contributed by atoms with van der Waals surface area (Å²) in [5.41, 5.74) is 2.75. The number of rotatable bonds is 7. The van der Waals surface area contributed by atoms with Crippen LogP contribution in [0.4, 0.5) is 0 Å². The van der Waals surface area contributed by atoms with E-state index in [-0.39, 0.29) is 42.0 Å². The van der Waals surface area contributed by atoms with Gasteiger partial charge in [-0.2, -0.15) is 0 Å². The summed E-state index contributed by atoms with van der Waals surface area (Å²) < 4.78 is 0. The van der Waals surface area contributed by atoms with Crippen LogP contribution in [-0.2, 0) is 4.79 Å². The molecule has 0 saturated carbocycles. The van der Waals surface area contributed by atoms with Crippen LogP contribution in [-0.4, -0.2) is 67.5 Å². The number of nitrogens with one attached hydrogen (secondary N) is 2. The number of ketones is 1. The number of halogens is 2. The van der Waals surface area contributed by atoms with Crippen LogP contribution in [0.2, 0.25) is 10.0 Å². The van der Waals surface area contributed by atoms with Gasteiger partial charge in [-0.15, -0.1) is 0 Å². The van der Waals surface area contributed by atoms with Gasteiger partial charge in [-0.3, -0.25) is 14.4 Å². The molecule has 4 aromatic rings. The normalized spacial score (nSPS) is 19.5. The molecule has 2 aliphatic rings. The molecule has 2 aromatic carbocycles. The minimum Gasteiger partial charge on any atom is -0.352 e. The Morgan fingerprint density at radius 2 is 1.69 bits per heavy atom. The summed E-state index contributed by atoms with van der Waals surface area (Å²) >= 11 is 12.3. The molecule has 2 saturated heterocycles. The van der Waals surface area contributed by atoms with E-state index in [0.29, 0.717) is 41.1 Å². The number of fused-ring (bicyclic) bond motifs is 4. The lowest BCUT2D eigenvalue weighted by atomic mass is 9.90. The van der Waals surface area contributed by atoms with E-state index in [4.69, 9.17) is 23.2 Å². The van der Waals surface area contributed by atoms with Gasteiger partial charge in [0, 0.05) is 36.3 Å². The Kier molecular flexibility index (Phi) is 6.63. The van der Waals surface area contributed by atoms with E-state index in [0.717, 1.165) is 28.4 Å². The lowest BCUT2D eigenvalue weighted by molar-refractivity contribution is -0.138. The van der Waals surface area contributed by atoms with Gasteiger partial charge in [0.25, 0.3) is 5.91 Å². The highest BCUT2D eigenvalue weighted by Gasteiger charge is 2.48. The molecule has 39 heavy (non-hydrogen) atoms. The smallest absolute Gasteiger partial charge is 0.290 e. The van der Waals surface area contributed by atoms with E-state index in [1.165, 1.54) is 0 Å². The van der Waals surface area contributed by atoms with Crippen LogP contribution in [0.15, 0.2) is 42.5 Å². The van der Waals surface area contributed by atoms with Crippen molar-refractivity contribution in [1.29, 1.82) is 0 Å². The molecule has 2 aliphatic heterocycles. The Morgan fingerprint density at radius 3 is 2.41 bits per heavy atom. The highest BCUT2D eigenvalue weighted by molar-refractivity contribution is 6.42. The Bertz CT molecular complexity index is 1540. The van der Waals surface area contributed by atoms with Crippen molar-refractivity contribution in [3.63, 3.8) is 0 Å². The Labute approximate surface area is 235 Å². The number of likely N-dealkylation sites (tertiary alicyclic amines) is 2. The number of aromatic amines is 2. The second-order valence-electron chi connectivity index (χ2n) is 11.1. The molecule has 2 amide bonds. The first kappa shape index (κ1) is 25.9. The molecule has 6 rings (SSSR count). The molecule has 2 bridgehead atoms. The third kappa shape index (κ3) is 4.80. The second kappa shape index (κ2) is 9.99. The van der Waals surface area contributed by atoms with Gasteiger partial charge in [-0.05, 0) is 49.1 Å². The molecule has 202 valence electrons. The van der Waals surface area contributed by atoms with Gasteiger partial charge in [0.2, 0.25) is 5.91 Å². The lowest BCUT2D eigenvalue weighted by Crippen LogP contribution is -2.52. The second-order valence-corrected chi connectivity index (χ2v) is 11.9. The fourth-order valence-electron chi connectivity index (χ4n) is 6.06. The molecule has 2 N–H and O–H groups in total. The molecule has 0 aliphatic carbocycles. The number of imidazole rings is 1. The van der Waals surface area contributed by atoms with Crippen LogP contribution in [0.25, 0.3) is 21.9 Å². The number of hydrogen-bond donors (Lipinski definition) is 2. The maximum atomic E-state index is 13.8. The van der Waals surface area contributed by atoms with E-state index in [1.54, 1.807) is 18.2 Å². The van der Waals surface area contributed by atoms with Crippen LogP contribution < -0.4 is 0 Å². The van der Waals surface area contributed by atoms with Crippen molar-refractivity contribution in [3.05, 3.63) is 64.0 Å². The monoisotopic (exact) mass is 565 g/mol. The molecule has 2 aromatic heterocycles. The zero-order valence-electron chi connectivity index (χ0n) is 21.7. The van der Waals surface area contributed by atoms with E-state index >= 15 is 0 Å². The average molecular weight is 566 g/mol. The van der Waals surface area contributed by atoms with Crippen LogP contribution in [0, 0.1) is 11.8 Å². The zero-order chi connectivity index (χ0) is 27.4. The van der Waals surface area contributed by atoms with Gasteiger partial charge in [0.1, 0.15) is 0 Å². The van der Waals surface area contributed by atoms with Crippen molar-refractivity contribution < 1.29 is 14.4 Å². The number of benzene rings is 2. The van der Waals surface area contributed by atoms with Crippen molar-refractivity contribution in [3.8, 4) is 0 Å². The van der Waals surface area contributed by atoms with Crippen molar-refractivity contribution in [2.75, 3.05) is 13.1 Å². The number of amides is 2. The number of para-hydroxylation sites is 2. The summed E-state index contributed by atoms with van der Waals surface area (Å²) in [6.07, 6.45) is 1.46. The average Bonchev–Trinajstić information content (AvgIpc) is 3.69. The van der Waals surface area contributed by atoms with Crippen molar-refractivity contribution in [2.45, 2.75) is 45.2 Å². The van der Waals surface area contributed by atoms with E-state index < -0.39 is 5.92 Å². The number of H-pyrrole nitrogens is 2. The third-order valence-corrected chi connectivity index (χ3v) is 8.60. The van der Waals surface area contributed by atoms with Crippen molar-refractivity contribution >= 4 is 62.7 Å². The topological polar surface area (TPSA) is 102 Å². The first-order valence-corrected chi connectivity index (χ1v) is 14.0. The van der Waals surface area contributed by atoms with E-state index in [2.05, 4.69) is 28.8 Å².